The molecule has 0 spiro atoms. The second-order valence-electron chi connectivity index (χ2n) is 4.87. The number of unbranched alkanes of at least 4 members (excludes halogenated alkanes) is 3. The lowest BCUT2D eigenvalue weighted by Crippen LogP contribution is -2.24. The van der Waals surface area contributed by atoms with Crippen molar-refractivity contribution in [3.63, 3.8) is 0 Å². The Morgan fingerprint density at radius 2 is 1.54 bits per heavy atom. The van der Waals surface area contributed by atoms with Crippen molar-refractivity contribution < 1.29 is 0 Å². The van der Waals surface area contributed by atoms with E-state index in [-0.39, 0.29) is 0 Å². The highest BCUT2D eigenvalue weighted by atomic mass is 28.3. The fraction of sp³-hybridized carbons (Fsp3) is 1.00. The summed E-state index contributed by atoms with van der Waals surface area (Å²) in [6, 6.07) is 3.02. The zero-order chi connectivity index (χ0) is 10.2. The van der Waals surface area contributed by atoms with Crippen LogP contribution in [-0.2, 0) is 0 Å². The Labute approximate surface area is 85.1 Å². The Hall–Kier alpha value is 0.177. The first-order valence-corrected chi connectivity index (χ1v) is 9.24. The Balaban J connectivity index is 3.29. The van der Waals surface area contributed by atoms with Crippen LogP contribution in [0.2, 0.25) is 25.2 Å². The van der Waals surface area contributed by atoms with Crippen molar-refractivity contribution in [2.75, 3.05) is 6.54 Å². The van der Waals surface area contributed by atoms with Crippen molar-refractivity contribution in [1.29, 1.82) is 0 Å². The zero-order valence-corrected chi connectivity index (χ0v) is 10.7. The van der Waals surface area contributed by atoms with E-state index in [1.54, 1.807) is 0 Å². The summed E-state index contributed by atoms with van der Waals surface area (Å²) in [6.07, 6.45) is 6.78. The molecule has 2 N–H and O–H groups in total. The minimum Gasteiger partial charge on any atom is -0.330 e. The van der Waals surface area contributed by atoms with Crippen LogP contribution in [0.1, 0.15) is 39.0 Å². The smallest absolute Gasteiger partial charge is 0.0473 e. The molecular formula is C11H27NSi. The van der Waals surface area contributed by atoms with Crippen LogP contribution in [0.25, 0.3) is 0 Å². The first-order valence-electron chi connectivity index (χ1n) is 5.82. The van der Waals surface area contributed by atoms with Gasteiger partial charge in [0.05, 0.1) is 0 Å². The molecule has 0 radical (unpaired) electrons. The Morgan fingerprint density at radius 1 is 0.923 bits per heavy atom. The molecule has 13 heavy (non-hydrogen) atoms. The Morgan fingerprint density at radius 3 is 2.08 bits per heavy atom. The standard InChI is InChI=1S/C11H27NSi/c1-4-10-13(2,3)11-8-6-5-7-9-12/h4-12H2,1-3H3. The van der Waals surface area contributed by atoms with E-state index in [2.05, 4.69) is 20.0 Å². The van der Waals surface area contributed by atoms with Gasteiger partial charge in [-0.15, -0.1) is 0 Å². The fourth-order valence-corrected chi connectivity index (χ4v) is 4.71. The fourth-order valence-electron chi connectivity index (χ4n) is 1.90. The molecule has 0 rings (SSSR count). The van der Waals surface area contributed by atoms with Crippen molar-refractivity contribution in [2.24, 2.45) is 5.73 Å². The third-order valence-corrected chi connectivity index (χ3v) is 6.30. The van der Waals surface area contributed by atoms with Crippen LogP contribution in [0, 0.1) is 0 Å². The lowest BCUT2D eigenvalue weighted by Gasteiger charge is -2.21. The molecule has 0 saturated heterocycles. The van der Waals surface area contributed by atoms with Crippen LogP contribution in [0.3, 0.4) is 0 Å². The second-order valence-corrected chi connectivity index (χ2v) is 10.2. The van der Waals surface area contributed by atoms with Gasteiger partial charge in [-0.05, 0) is 13.0 Å². The van der Waals surface area contributed by atoms with Crippen molar-refractivity contribution in [1.82, 2.24) is 0 Å². The third-order valence-electron chi connectivity index (χ3n) is 2.73. The largest absolute Gasteiger partial charge is 0.330 e. The molecule has 80 valence electrons. The van der Waals surface area contributed by atoms with Gasteiger partial charge in [0.1, 0.15) is 0 Å². The highest BCUT2D eigenvalue weighted by Crippen LogP contribution is 2.20. The summed E-state index contributed by atoms with van der Waals surface area (Å²) in [6.45, 7) is 8.23. The van der Waals surface area contributed by atoms with Crippen LogP contribution >= 0.6 is 0 Å². The Kier molecular flexibility index (Phi) is 7.67. The minimum atomic E-state index is -0.795. The number of rotatable bonds is 8. The summed E-state index contributed by atoms with van der Waals surface area (Å²) >= 11 is 0. The summed E-state index contributed by atoms with van der Waals surface area (Å²) in [5.41, 5.74) is 5.45. The van der Waals surface area contributed by atoms with Crippen molar-refractivity contribution in [2.45, 2.75) is 64.2 Å². The number of nitrogens with two attached hydrogens (primary N) is 1. The van der Waals surface area contributed by atoms with Crippen LogP contribution in [-0.4, -0.2) is 14.6 Å². The molecule has 0 amide bonds. The molecule has 0 bridgehead atoms. The van der Waals surface area contributed by atoms with Crippen LogP contribution < -0.4 is 5.73 Å². The van der Waals surface area contributed by atoms with Gasteiger partial charge in [-0.2, -0.15) is 0 Å². The SMILES string of the molecule is CCC[Si](C)(C)CCCCCCN. The summed E-state index contributed by atoms with van der Waals surface area (Å²) in [5, 5.41) is 0. The maximum atomic E-state index is 5.45. The summed E-state index contributed by atoms with van der Waals surface area (Å²) in [7, 11) is -0.795. The maximum Gasteiger partial charge on any atom is 0.0473 e. The highest BCUT2D eigenvalue weighted by molar-refractivity contribution is 6.77. The van der Waals surface area contributed by atoms with E-state index in [1.165, 1.54) is 44.2 Å². The summed E-state index contributed by atoms with van der Waals surface area (Å²) in [5.74, 6) is 0. The average molecular weight is 201 g/mol. The molecule has 0 saturated carbocycles. The molecule has 0 atom stereocenters. The molecular weight excluding hydrogens is 174 g/mol. The molecule has 0 aromatic carbocycles. The van der Waals surface area contributed by atoms with Crippen LogP contribution in [0.4, 0.5) is 0 Å². The molecule has 2 heteroatoms. The van der Waals surface area contributed by atoms with Gasteiger partial charge in [-0.25, -0.2) is 0 Å². The molecule has 1 nitrogen and oxygen atoms in total. The first kappa shape index (κ1) is 13.2. The molecule has 0 aliphatic heterocycles. The lowest BCUT2D eigenvalue weighted by molar-refractivity contribution is 0.669. The number of hydrogen-bond donors (Lipinski definition) is 1. The van der Waals surface area contributed by atoms with Crippen molar-refractivity contribution in [3.05, 3.63) is 0 Å². The van der Waals surface area contributed by atoms with Gasteiger partial charge < -0.3 is 5.73 Å². The second kappa shape index (κ2) is 7.57. The van der Waals surface area contributed by atoms with Gasteiger partial charge in [0.25, 0.3) is 0 Å². The van der Waals surface area contributed by atoms with Crippen LogP contribution in [0.15, 0.2) is 0 Å². The molecule has 0 unspecified atom stereocenters. The zero-order valence-electron chi connectivity index (χ0n) is 9.73. The van der Waals surface area contributed by atoms with E-state index in [1.807, 2.05) is 0 Å². The monoisotopic (exact) mass is 201 g/mol. The summed E-state index contributed by atoms with van der Waals surface area (Å²) < 4.78 is 0. The van der Waals surface area contributed by atoms with Crippen molar-refractivity contribution in [3.8, 4) is 0 Å². The van der Waals surface area contributed by atoms with Gasteiger partial charge >= 0.3 is 0 Å². The molecule has 0 heterocycles. The summed E-state index contributed by atoms with van der Waals surface area (Å²) in [4.78, 5) is 0. The van der Waals surface area contributed by atoms with E-state index >= 15 is 0 Å². The van der Waals surface area contributed by atoms with E-state index in [0.717, 1.165) is 6.54 Å². The topological polar surface area (TPSA) is 26.0 Å². The van der Waals surface area contributed by atoms with E-state index < -0.39 is 8.07 Å². The van der Waals surface area contributed by atoms with Gasteiger partial charge in [0, 0.05) is 8.07 Å². The maximum absolute atomic E-state index is 5.45. The van der Waals surface area contributed by atoms with Crippen LogP contribution in [0.5, 0.6) is 0 Å². The number of hydrogen-bond acceptors (Lipinski definition) is 1. The highest BCUT2D eigenvalue weighted by Gasteiger charge is 2.17. The van der Waals surface area contributed by atoms with Gasteiger partial charge in [-0.1, -0.05) is 57.8 Å². The molecule has 0 aliphatic carbocycles. The molecule has 0 aliphatic rings. The first-order chi connectivity index (χ1) is 6.12. The van der Waals surface area contributed by atoms with Gasteiger partial charge in [-0.3, -0.25) is 0 Å². The predicted octanol–water partition coefficient (Wildman–Crippen LogP) is 3.62. The van der Waals surface area contributed by atoms with E-state index in [4.69, 9.17) is 5.73 Å². The van der Waals surface area contributed by atoms with E-state index in [9.17, 15) is 0 Å². The normalized spacial score (nSPS) is 12.0. The van der Waals surface area contributed by atoms with E-state index in [0.29, 0.717) is 0 Å². The molecule has 0 fully saturated rings. The van der Waals surface area contributed by atoms with Gasteiger partial charge in [0.15, 0.2) is 0 Å². The average Bonchev–Trinajstić information content (AvgIpc) is 2.04. The quantitative estimate of drug-likeness (QED) is 0.471. The van der Waals surface area contributed by atoms with Crippen molar-refractivity contribution >= 4 is 8.07 Å². The predicted molar refractivity (Wildman–Crippen MR) is 64.9 cm³/mol. The lowest BCUT2D eigenvalue weighted by atomic mass is 10.2. The minimum absolute atomic E-state index is 0.795. The molecule has 0 aromatic heterocycles. The third kappa shape index (κ3) is 8.51. The van der Waals surface area contributed by atoms with Gasteiger partial charge in [0.2, 0.25) is 0 Å². The molecule has 0 aromatic rings. The Bertz CT molecular complexity index is 113.